The molecule has 0 aliphatic heterocycles. The SMILES string of the molecule is CCCCCC[C](CC)CCC. The lowest BCUT2D eigenvalue weighted by molar-refractivity contribution is 0.588. The van der Waals surface area contributed by atoms with Gasteiger partial charge in [0.2, 0.25) is 0 Å². The first-order valence-electron chi connectivity index (χ1n) is 5.68. The van der Waals surface area contributed by atoms with Crippen LogP contribution < -0.4 is 0 Å². The lowest BCUT2D eigenvalue weighted by Gasteiger charge is -2.11. The highest BCUT2D eigenvalue weighted by atomic mass is 14.1. The Morgan fingerprint density at radius 1 is 0.750 bits per heavy atom. The summed E-state index contributed by atoms with van der Waals surface area (Å²) in [6.07, 6.45) is 11.0. The molecule has 0 N–H and O–H groups in total. The Morgan fingerprint density at radius 3 is 2.00 bits per heavy atom. The van der Waals surface area contributed by atoms with Crippen LogP contribution in [0.15, 0.2) is 0 Å². The van der Waals surface area contributed by atoms with Crippen molar-refractivity contribution in [2.24, 2.45) is 0 Å². The highest BCUT2D eigenvalue weighted by Gasteiger charge is 2.04. The maximum absolute atomic E-state index is 2.30. The van der Waals surface area contributed by atoms with Gasteiger partial charge in [-0.2, -0.15) is 0 Å². The summed E-state index contributed by atoms with van der Waals surface area (Å²) in [4.78, 5) is 0. The van der Waals surface area contributed by atoms with Gasteiger partial charge in [0.15, 0.2) is 0 Å². The minimum Gasteiger partial charge on any atom is -0.0654 e. The monoisotopic (exact) mass is 169 g/mol. The summed E-state index contributed by atoms with van der Waals surface area (Å²) in [5.41, 5.74) is 0. The molecule has 0 saturated heterocycles. The van der Waals surface area contributed by atoms with Crippen molar-refractivity contribution in [2.75, 3.05) is 0 Å². The van der Waals surface area contributed by atoms with Gasteiger partial charge >= 0.3 is 0 Å². The first-order chi connectivity index (χ1) is 5.85. The van der Waals surface area contributed by atoms with E-state index in [1.165, 1.54) is 51.4 Å². The molecule has 0 aliphatic carbocycles. The van der Waals surface area contributed by atoms with Crippen molar-refractivity contribution < 1.29 is 0 Å². The maximum atomic E-state index is 2.30. The molecule has 0 amide bonds. The smallest absolute Gasteiger partial charge is 0.0244 e. The van der Waals surface area contributed by atoms with Crippen molar-refractivity contribution >= 4 is 0 Å². The van der Waals surface area contributed by atoms with Gasteiger partial charge in [0.1, 0.15) is 0 Å². The number of hydrogen-bond donors (Lipinski definition) is 0. The molecule has 0 aromatic heterocycles. The van der Waals surface area contributed by atoms with E-state index in [2.05, 4.69) is 20.8 Å². The van der Waals surface area contributed by atoms with Crippen LogP contribution in [0.4, 0.5) is 0 Å². The van der Waals surface area contributed by atoms with Crippen LogP contribution in [0.5, 0.6) is 0 Å². The molecule has 0 aliphatic rings. The maximum Gasteiger partial charge on any atom is -0.0244 e. The second-order valence-electron chi connectivity index (χ2n) is 3.66. The first kappa shape index (κ1) is 12.0. The average Bonchev–Trinajstić information content (AvgIpc) is 2.10. The zero-order chi connectivity index (χ0) is 9.23. The number of unbranched alkanes of at least 4 members (excludes halogenated alkanes) is 3. The number of hydrogen-bond acceptors (Lipinski definition) is 0. The third-order valence-corrected chi connectivity index (χ3v) is 2.49. The largest absolute Gasteiger partial charge is 0.0654 e. The van der Waals surface area contributed by atoms with Gasteiger partial charge in [-0.25, -0.2) is 0 Å². The molecular weight excluding hydrogens is 144 g/mol. The summed E-state index contributed by atoms with van der Waals surface area (Å²) in [6.45, 7) is 6.85. The Kier molecular flexibility index (Phi) is 9.09. The van der Waals surface area contributed by atoms with E-state index in [1.54, 1.807) is 5.92 Å². The minimum atomic E-state index is 1.31. The normalized spacial score (nSPS) is 11.0. The van der Waals surface area contributed by atoms with Gasteiger partial charge in [-0.1, -0.05) is 52.9 Å². The van der Waals surface area contributed by atoms with Crippen LogP contribution in [0.2, 0.25) is 0 Å². The summed E-state index contributed by atoms with van der Waals surface area (Å²) in [5, 5.41) is 0. The predicted octanol–water partition coefficient (Wildman–Crippen LogP) is 4.74. The molecule has 0 nitrogen and oxygen atoms in total. The lowest BCUT2D eigenvalue weighted by Crippen LogP contribution is -1.95. The molecule has 0 fully saturated rings. The summed E-state index contributed by atoms with van der Waals surface area (Å²) < 4.78 is 0. The van der Waals surface area contributed by atoms with Crippen molar-refractivity contribution in [1.82, 2.24) is 0 Å². The molecule has 73 valence electrons. The zero-order valence-electron chi connectivity index (χ0n) is 9.16. The average molecular weight is 169 g/mol. The molecule has 0 heteroatoms. The standard InChI is InChI=1S/C12H25/c1-4-7-8-9-11-12(6-3)10-5-2/h4-11H2,1-3H3. The third kappa shape index (κ3) is 6.69. The van der Waals surface area contributed by atoms with E-state index >= 15 is 0 Å². The molecule has 0 heterocycles. The predicted molar refractivity (Wildman–Crippen MR) is 57.2 cm³/mol. The molecule has 0 aromatic rings. The summed E-state index contributed by atoms with van der Waals surface area (Å²) in [7, 11) is 0. The van der Waals surface area contributed by atoms with Gasteiger partial charge in [-0.3, -0.25) is 0 Å². The van der Waals surface area contributed by atoms with Crippen molar-refractivity contribution in [3.05, 3.63) is 5.92 Å². The first-order valence-corrected chi connectivity index (χ1v) is 5.68. The topological polar surface area (TPSA) is 0 Å². The fourth-order valence-corrected chi connectivity index (χ4v) is 1.63. The van der Waals surface area contributed by atoms with Gasteiger partial charge < -0.3 is 0 Å². The van der Waals surface area contributed by atoms with Crippen LogP contribution >= 0.6 is 0 Å². The quantitative estimate of drug-likeness (QED) is 0.460. The Morgan fingerprint density at radius 2 is 1.50 bits per heavy atom. The molecule has 0 spiro atoms. The highest BCUT2D eigenvalue weighted by molar-refractivity contribution is 4.86. The Balaban J connectivity index is 3.19. The third-order valence-electron chi connectivity index (χ3n) is 2.49. The zero-order valence-corrected chi connectivity index (χ0v) is 9.16. The van der Waals surface area contributed by atoms with Gasteiger partial charge in [-0.05, 0) is 25.2 Å². The van der Waals surface area contributed by atoms with Crippen LogP contribution in [-0.4, -0.2) is 0 Å². The van der Waals surface area contributed by atoms with Crippen LogP contribution in [0.25, 0.3) is 0 Å². The minimum absolute atomic E-state index is 1.31. The van der Waals surface area contributed by atoms with Crippen LogP contribution in [0.3, 0.4) is 0 Å². The Hall–Kier alpha value is 0. The van der Waals surface area contributed by atoms with E-state index in [-0.39, 0.29) is 0 Å². The molecule has 1 radical (unpaired) electrons. The summed E-state index contributed by atoms with van der Waals surface area (Å²) in [5.74, 6) is 1.79. The number of rotatable bonds is 8. The van der Waals surface area contributed by atoms with E-state index in [0.29, 0.717) is 0 Å². The molecular formula is C12H25. The molecule has 0 aromatic carbocycles. The summed E-state index contributed by atoms with van der Waals surface area (Å²) in [6, 6.07) is 0. The Labute approximate surface area is 78.8 Å². The van der Waals surface area contributed by atoms with Crippen LogP contribution in [0, 0.1) is 5.92 Å². The molecule has 0 saturated carbocycles. The van der Waals surface area contributed by atoms with E-state index in [1.807, 2.05) is 0 Å². The Bertz CT molecular complexity index is 76.1. The van der Waals surface area contributed by atoms with Gasteiger partial charge in [-0.15, -0.1) is 0 Å². The van der Waals surface area contributed by atoms with E-state index in [0.717, 1.165) is 0 Å². The van der Waals surface area contributed by atoms with Gasteiger partial charge in [0.25, 0.3) is 0 Å². The van der Waals surface area contributed by atoms with Crippen molar-refractivity contribution in [3.63, 3.8) is 0 Å². The summed E-state index contributed by atoms with van der Waals surface area (Å²) >= 11 is 0. The van der Waals surface area contributed by atoms with Crippen LogP contribution in [-0.2, 0) is 0 Å². The van der Waals surface area contributed by atoms with Crippen molar-refractivity contribution in [2.45, 2.75) is 72.1 Å². The van der Waals surface area contributed by atoms with Crippen molar-refractivity contribution in [3.8, 4) is 0 Å². The highest BCUT2D eigenvalue weighted by Crippen LogP contribution is 2.20. The lowest BCUT2D eigenvalue weighted by atomic mass is 9.94. The van der Waals surface area contributed by atoms with Gasteiger partial charge in [0, 0.05) is 0 Å². The van der Waals surface area contributed by atoms with E-state index < -0.39 is 0 Å². The van der Waals surface area contributed by atoms with Gasteiger partial charge in [0.05, 0.1) is 0 Å². The van der Waals surface area contributed by atoms with Crippen molar-refractivity contribution in [1.29, 1.82) is 0 Å². The van der Waals surface area contributed by atoms with Crippen LogP contribution in [0.1, 0.15) is 72.1 Å². The molecule has 12 heavy (non-hydrogen) atoms. The molecule has 0 rings (SSSR count). The second kappa shape index (κ2) is 9.09. The van der Waals surface area contributed by atoms with E-state index in [4.69, 9.17) is 0 Å². The van der Waals surface area contributed by atoms with E-state index in [9.17, 15) is 0 Å². The molecule has 0 bridgehead atoms. The fraction of sp³-hybridized carbons (Fsp3) is 0.917. The molecule has 0 atom stereocenters. The second-order valence-corrected chi connectivity index (χ2v) is 3.66. The molecule has 0 unspecified atom stereocenters. The fourth-order valence-electron chi connectivity index (χ4n) is 1.63.